The molecular formula is C18H22N2O4. The smallest absolute Gasteiger partial charge is 0.410 e. The molecule has 6 heteroatoms. The van der Waals surface area contributed by atoms with E-state index in [1.807, 2.05) is 57.2 Å². The van der Waals surface area contributed by atoms with Gasteiger partial charge in [-0.15, -0.1) is 0 Å². The molecule has 24 heavy (non-hydrogen) atoms. The normalized spacial score (nSPS) is 18.5. The lowest BCUT2D eigenvalue weighted by molar-refractivity contribution is -0.0517. The van der Waals surface area contributed by atoms with Gasteiger partial charge in [-0.25, -0.2) is 4.79 Å². The number of amides is 1. The number of benzene rings is 1. The van der Waals surface area contributed by atoms with Crippen LogP contribution in [0.1, 0.15) is 32.6 Å². The van der Waals surface area contributed by atoms with E-state index in [4.69, 9.17) is 14.0 Å². The summed E-state index contributed by atoms with van der Waals surface area (Å²) >= 11 is 0. The van der Waals surface area contributed by atoms with Crippen molar-refractivity contribution in [3.8, 4) is 11.3 Å². The van der Waals surface area contributed by atoms with Gasteiger partial charge in [-0.1, -0.05) is 35.5 Å². The third-order valence-corrected chi connectivity index (χ3v) is 3.63. The van der Waals surface area contributed by atoms with Crippen LogP contribution in [0.4, 0.5) is 4.79 Å². The second-order valence-electron chi connectivity index (χ2n) is 6.77. The number of hydrogen-bond acceptors (Lipinski definition) is 5. The molecule has 1 atom stereocenters. The van der Waals surface area contributed by atoms with Gasteiger partial charge in [-0.2, -0.15) is 0 Å². The molecule has 1 fully saturated rings. The minimum absolute atomic E-state index is 0.335. The molecule has 1 aromatic heterocycles. The molecule has 0 radical (unpaired) electrons. The van der Waals surface area contributed by atoms with Crippen LogP contribution in [-0.4, -0.2) is 41.4 Å². The van der Waals surface area contributed by atoms with Crippen molar-refractivity contribution in [3.05, 3.63) is 42.2 Å². The van der Waals surface area contributed by atoms with E-state index >= 15 is 0 Å². The molecule has 0 aliphatic carbocycles. The molecular weight excluding hydrogens is 308 g/mol. The zero-order valence-corrected chi connectivity index (χ0v) is 14.2. The van der Waals surface area contributed by atoms with E-state index in [0.717, 1.165) is 11.3 Å². The van der Waals surface area contributed by atoms with Crippen molar-refractivity contribution in [2.45, 2.75) is 32.5 Å². The Morgan fingerprint density at radius 3 is 2.75 bits per heavy atom. The van der Waals surface area contributed by atoms with Gasteiger partial charge in [-0.05, 0) is 20.8 Å². The quantitative estimate of drug-likeness (QED) is 0.841. The van der Waals surface area contributed by atoms with Gasteiger partial charge in [0.2, 0.25) is 0 Å². The van der Waals surface area contributed by atoms with Gasteiger partial charge in [0.1, 0.15) is 17.4 Å². The minimum atomic E-state index is -0.516. The predicted octanol–water partition coefficient (Wildman–Crippen LogP) is 3.65. The second-order valence-corrected chi connectivity index (χ2v) is 6.77. The molecule has 0 saturated carbocycles. The topological polar surface area (TPSA) is 64.8 Å². The molecule has 0 bridgehead atoms. The van der Waals surface area contributed by atoms with Crippen LogP contribution in [0, 0.1) is 0 Å². The Morgan fingerprint density at radius 2 is 2.04 bits per heavy atom. The summed E-state index contributed by atoms with van der Waals surface area (Å²) in [6, 6.07) is 11.6. The summed E-state index contributed by atoms with van der Waals surface area (Å²) in [7, 11) is 0. The Bertz CT molecular complexity index is 691. The van der Waals surface area contributed by atoms with Crippen LogP contribution in [0.3, 0.4) is 0 Å². The zero-order valence-electron chi connectivity index (χ0n) is 14.2. The highest BCUT2D eigenvalue weighted by atomic mass is 16.6. The molecule has 3 rings (SSSR count). The summed E-state index contributed by atoms with van der Waals surface area (Å²) in [4.78, 5) is 13.9. The Labute approximate surface area is 141 Å². The fourth-order valence-corrected chi connectivity index (χ4v) is 2.50. The summed E-state index contributed by atoms with van der Waals surface area (Å²) in [6.45, 7) is 6.89. The third kappa shape index (κ3) is 3.94. The van der Waals surface area contributed by atoms with Crippen molar-refractivity contribution < 1.29 is 18.8 Å². The van der Waals surface area contributed by atoms with Crippen molar-refractivity contribution in [2.75, 3.05) is 19.7 Å². The van der Waals surface area contributed by atoms with Gasteiger partial charge < -0.3 is 18.9 Å². The molecule has 2 aromatic rings. The number of ether oxygens (including phenoxy) is 2. The van der Waals surface area contributed by atoms with Gasteiger partial charge in [0.25, 0.3) is 0 Å². The van der Waals surface area contributed by atoms with Crippen molar-refractivity contribution in [2.24, 2.45) is 0 Å². The maximum Gasteiger partial charge on any atom is 0.410 e. The predicted molar refractivity (Wildman–Crippen MR) is 88.4 cm³/mol. The van der Waals surface area contributed by atoms with E-state index in [2.05, 4.69) is 5.16 Å². The summed E-state index contributed by atoms with van der Waals surface area (Å²) in [6.07, 6.45) is -0.671. The van der Waals surface area contributed by atoms with Gasteiger partial charge >= 0.3 is 6.09 Å². The SMILES string of the molecule is CC(C)(C)OC(=O)N1CCO[C@@H](c2cc(-c3ccccc3)no2)C1. The van der Waals surface area contributed by atoms with Crippen LogP contribution >= 0.6 is 0 Å². The Morgan fingerprint density at radius 1 is 1.29 bits per heavy atom. The summed E-state index contributed by atoms with van der Waals surface area (Å²) < 4.78 is 16.6. The van der Waals surface area contributed by atoms with Gasteiger partial charge in [0.05, 0.1) is 13.2 Å². The number of carbonyl (C=O) groups excluding carboxylic acids is 1. The third-order valence-electron chi connectivity index (χ3n) is 3.63. The Hall–Kier alpha value is -2.34. The van der Waals surface area contributed by atoms with E-state index < -0.39 is 5.60 Å². The first-order valence-electron chi connectivity index (χ1n) is 8.04. The molecule has 0 unspecified atom stereocenters. The van der Waals surface area contributed by atoms with E-state index in [1.54, 1.807) is 4.90 Å². The highest BCUT2D eigenvalue weighted by Crippen LogP contribution is 2.27. The molecule has 1 aliphatic rings. The monoisotopic (exact) mass is 330 g/mol. The van der Waals surface area contributed by atoms with Gasteiger partial charge in [0, 0.05) is 18.2 Å². The highest BCUT2D eigenvalue weighted by molar-refractivity contribution is 5.68. The molecule has 6 nitrogen and oxygen atoms in total. The largest absolute Gasteiger partial charge is 0.444 e. The summed E-state index contributed by atoms with van der Waals surface area (Å²) in [5.41, 5.74) is 1.22. The van der Waals surface area contributed by atoms with E-state index in [-0.39, 0.29) is 12.2 Å². The lowest BCUT2D eigenvalue weighted by atomic mass is 10.1. The maximum absolute atomic E-state index is 12.2. The molecule has 1 aromatic carbocycles. The second kappa shape index (κ2) is 6.65. The number of nitrogens with zero attached hydrogens (tertiary/aromatic N) is 2. The fourth-order valence-electron chi connectivity index (χ4n) is 2.50. The van der Waals surface area contributed by atoms with Crippen LogP contribution in [0.5, 0.6) is 0 Å². The molecule has 1 aliphatic heterocycles. The highest BCUT2D eigenvalue weighted by Gasteiger charge is 2.31. The van der Waals surface area contributed by atoms with Gasteiger partial charge in [0.15, 0.2) is 5.76 Å². The average Bonchev–Trinajstić information content (AvgIpc) is 3.04. The summed E-state index contributed by atoms with van der Waals surface area (Å²) in [5, 5.41) is 4.10. The lowest BCUT2D eigenvalue weighted by Gasteiger charge is -2.33. The molecule has 0 spiro atoms. The number of morpholine rings is 1. The van der Waals surface area contributed by atoms with Crippen molar-refractivity contribution in [1.29, 1.82) is 0 Å². The molecule has 1 saturated heterocycles. The molecule has 128 valence electrons. The molecule has 1 amide bonds. The van der Waals surface area contributed by atoms with E-state index in [1.165, 1.54) is 0 Å². The first kappa shape index (κ1) is 16.5. The molecule has 0 N–H and O–H groups in total. The first-order valence-corrected chi connectivity index (χ1v) is 8.04. The number of carbonyl (C=O) groups is 1. The Balaban J connectivity index is 1.69. The fraction of sp³-hybridized carbons (Fsp3) is 0.444. The van der Waals surface area contributed by atoms with Crippen LogP contribution in [-0.2, 0) is 9.47 Å². The lowest BCUT2D eigenvalue weighted by Crippen LogP contribution is -2.44. The van der Waals surface area contributed by atoms with Crippen molar-refractivity contribution in [1.82, 2.24) is 10.1 Å². The number of aromatic nitrogens is 1. The van der Waals surface area contributed by atoms with Crippen LogP contribution in [0.2, 0.25) is 0 Å². The van der Waals surface area contributed by atoms with Crippen LogP contribution < -0.4 is 0 Å². The average molecular weight is 330 g/mol. The van der Waals surface area contributed by atoms with Crippen molar-refractivity contribution in [3.63, 3.8) is 0 Å². The minimum Gasteiger partial charge on any atom is -0.444 e. The van der Waals surface area contributed by atoms with Gasteiger partial charge in [-0.3, -0.25) is 0 Å². The van der Waals surface area contributed by atoms with Crippen molar-refractivity contribution >= 4 is 6.09 Å². The Kier molecular flexibility index (Phi) is 4.57. The number of rotatable bonds is 2. The number of hydrogen-bond donors (Lipinski definition) is 0. The zero-order chi connectivity index (χ0) is 17.2. The maximum atomic E-state index is 12.2. The van der Waals surface area contributed by atoms with E-state index in [0.29, 0.717) is 25.5 Å². The standard InChI is InChI=1S/C18H22N2O4/c1-18(2,3)23-17(21)20-9-10-22-16(12-20)15-11-14(19-24-15)13-7-5-4-6-8-13/h4-8,11,16H,9-10,12H2,1-3H3/t16-/m1/s1. The van der Waals surface area contributed by atoms with E-state index in [9.17, 15) is 4.79 Å². The summed E-state index contributed by atoms with van der Waals surface area (Å²) in [5.74, 6) is 0.613. The van der Waals surface area contributed by atoms with Crippen LogP contribution in [0.25, 0.3) is 11.3 Å². The molecule has 2 heterocycles. The van der Waals surface area contributed by atoms with Crippen LogP contribution in [0.15, 0.2) is 40.9 Å². The first-order chi connectivity index (χ1) is 11.4.